The van der Waals surface area contributed by atoms with Crippen LogP contribution in [-0.4, -0.2) is 86.7 Å². The topological polar surface area (TPSA) is 70.9 Å². The van der Waals surface area contributed by atoms with E-state index in [1.807, 2.05) is 41.2 Å². The van der Waals surface area contributed by atoms with Crippen molar-refractivity contribution >= 4 is 34.0 Å². The number of aliphatic hydroxyl groups is 1. The number of fused-ring (bicyclic) bond motifs is 1. The van der Waals surface area contributed by atoms with Gasteiger partial charge in [-0.25, -0.2) is 4.39 Å². The average molecular weight is 555 g/mol. The van der Waals surface area contributed by atoms with Gasteiger partial charge in [0.2, 0.25) is 0 Å². The van der Waals surface area contributed by atoms with Crippen LogP contribution < -0.4 is 15.4 Å². The number of benzene rings is 2. The number of hydrogen-bond donors (Lipinski definition) is 3. The second-order valence-electron chi connectivity index (χ2n) is 9.66. The molecule has 0 radical (unpaired) electrons. The lowest BCUT2D eigenvalue weighted by Gasteiger charge is -2.34. The van der Waals surface area contributed by atoms with Crippen LogP contribution >= 0.6 is 11.8 Å². The molecule has 0 saturated carbocycles. The third-order valence-corrected chi connectivity index (χ3v) is 7.75. The fourth-order valence-electron chi connectivity index (χ4n) is 5.08. The lowest BCUT2D eigenvalue weighted by Crippen LogP contribution is -2.43. The normalized spacial score (nSPS) is 15.1. The van der Waals surface area contributed by atoms with E-state index in [2.05, 4.69) is 39.5 Å². The fraction of sp³-hybridized carbons (Fsp3) is 0.467. The number of halogens is 1. The molecular formula is C30H39FN4O3S. The minimum atomic E-state index is -0.458. The van der Waals surface area contributed by atoms with Crippen LogP contribution in [0.4, 0.5) is 15.8 Å². The van der Waals surface area contributed by atoms with Gasteiger partial charge < -0.3 is 34.7 Å². The number of aromatic nitrogens is 1. The van der Waals surface area contributed by atoms with Crippen LogP contribution in [0.3, 0.4) is 0 Å². The van der Waals surface area contributed by atoms with Gasteiger partial charge in [0.25, 0.3) is 0 Å². The number of rotatable bonds is 12. The SMILES string of the molecule is COCC(O)CN1CCC(Nc2cccc3c2cc(C#CCNc2ccc(SC)cc2OC)n3CCF)CC1. The molecule has 0 amide bonds. The number of anilines is 2. The number of methoxy groups -OCH3 is 2. The molecule has 3 aromatic rings. The Kier molecular flexibility index (Phi) is 10.8. The summed E-state index contributed by atoms with van der Waals surface area (Å²) in [6.45, 7) is 3.08. The minimum Gasteiger partial charge on any atom is -0.495 e. The van der Waals surface area contributed by atoms with E-state index < -0.39 is 12.8 Å². The predicted molar refractivity (Wildman–Crippen MR) is 159 cm³/mol. The van der Waals surface area contributed by atoms with Crippen LogP contribution in [0.15, 0.2) is 47.4 Å². The van der Waals surface area contributed by atoms with Gasteiger partial charge in [0.05, 0.1) is 49.8 Å². The number of alkyl halides is 1. The zero-order valence-corrected chi connectivity index (χ0v) is 23.8. The van der Waals surface area contributed by atoms with Gasteiger partial charge in [0.1, 0.15) is 12.4 Å². The summed E-state index contributed by atoms with van der Waals surface area (Å²) in [7, 11) is 3.27. The molecule has 2 heterocycles. The highest BCUT2D eigenvalue weighted by molar-refractivity contribution is 7.98. The van der Waals surface area contributed by atoms with Gasteiger partial charge in [-0.3, -0.25) is 0 Å². The van der Waals surface area contributed by atoms with Gasteiger partial charge >= 0.3 is 0 Å². The lowest BCUT2D eigenvalue weighted by molar-refractivity contribution is 0.0327. The Bertz CT molecular complexity index is 1280. The van der Waals surface area contributed by atoms with E-state index in [1.165, 1.54) is 0 Å². The fourth-order valence-corrected chi connectivity index (χ4v) is 5.51. The maximum absolute atomic E-state index is 13.5. The first kappa shape index (κ1) is 29.1. The van der Waals surface area contributed by atoms with Crippen molar-refractivity contribution in [3.8, 4) is 17.6 Å². The number of nitrogens with one attached hydrogen (secondary N) is 2. The largest absolute Gasteiger partial charge is 0.495 e. The molecule has 2 aromatic carbocycles. The number of likely N-dealkylation sites (tertiary alicyclic amines) is 1. The first-order valence-electron chi connectivity index (χ1n) is 13.3. The zero-order valence-electron chi connectivity index (χ0n) is 23.0. The number of β-amino-alcohol motifs (C(OH)–C–C–N with tert-alkyl or cyclic N) is 1. The van der Waals surface area contributed by atoms with Gasteiger partial charge in [-0.1, -0.05) is 12.0 Å². The highest BCUT2D eigenvalue weighted by Crippen LogP contribution is 2.30. The number of hydrogen-bond acceptors (Lipinski definition) is 7. The van der Waals surface area contributed by atoms with Crippen molar-refractivity contribution in [3.63, 3.8) is 0 Å². The van der Waals surface area contributed by atoms with Crippen molar-refractivity contribution in [1.82, 2.24) is 9.47 Å². The van der Waals surface area contributed by atoms with Crippen molar-refractivity contribution in [3.05, 3.63) is 48.2 Å². The molecule has 1 unspecified atom stereocenters. The van der Waals surface area contributed by atoms with Gasteiger partial charge in [-0.15, -0.1) is 11.8 Å². The second-order valence-corrected chi connectivity index (χ2v) is 10.5. The minimum absolute atomic E-state index is 0.260. The molecule has 4 rings (SSSR count). The summed E-state index contributed by atoms with van der Waals surface area (Å²) in [4.78, 5) is 3.42. The molecule has 1 aliphatic heterocycles. The molecule has 1 fully saturated rings. The van der Waals surface area contributed by atoms with E-state index in [0.717, 1.165) is 64.5 Å². The quantitative estimate of drug-likeness (QED) is 0.222. The van der Waals surface area contributed by atoms with Crippen molar-refractivity contribution in [2.75, 3.05) is 70.6 Å². The molecule has 1 atom stereocenters. The number of ether oxygens (including phenoxy) is 2. The van der Waals surface area contributed by atoms with Crippen LogP contribution in [-0.2, 0) is 11.3 Å². The van der Waals surface area contributed by atoms with Crippen LogP contribution in [0, 0.1) is 11.8 Å². The Hall–Kier alpha value is -2.90. The highest BCUT2D eigenvalue weighted by Gasteiger charge is 2.22. The molecule has 1 saturated heterocycles. The van der Waals surface area contributed by atoms with E-state index in [1.54, 1.807) is 26.0 Å². The first-order chi connectivity index (χ1) is 19.1. The summed E-state index contributed by atoms with van der Waals surface area (Å²) in [5.74, 6) is 7.23. The average Bonchev–Trinajstić information content (AvgIpc) is 3.30. The molecule has 39 heavy (non-hydrogen) atoms. The molecule has 0 aliphatic carbocycles. The van der Waals surface area contributed by atoms with Crippen molar-refractivity contribution < 1.29 is 19.0 Å². The van der Waals surface area contributed by atoms with Crippen LogP contribution in [0.5, 0.6) is 5.75 Å². The van der Waals surface area contributed by atoms with Crippen molar-refractivity contribution in [1.29, 1.82) is 0 Å². The Morgan fingerprint density at radius 1 is 1.15 bits per heavy atom. The molecule has 7 nitrogen and oxygen atoms in total. The lowest BCUT2D eigenvalue weighted by atomic mass is 10.0. The molecular weight excluding hydrogens is 515 g/mol. The Labute approximate surface area is 235 Å². The van der Waals surface area contributed by atoms with Crippen LogP contribution in [0.2, 0.25) is 0 Å². The van der Waals surface area contributed by atoms with Crippen LogP contribution in [0.1, 0.15) is 18.5 Å². The molecule has 0 bridgehead atoms. The third-order valence-electron chi connectivity index (χ3n) is 7.02. The molecule has 210 valence electrons. The van der Waals surface area contributed by atoms with Gasteiger partial charge in [0, 0.05) is 48.8 Å². The van der Waals surface area contributed by atoms with Gasteiger partial charge in [-0.2, -0.15) is 0 Å². The van der Waals surface area contributed by atoms with E-state index in [4.69, 9.17) is 9.47 Å². The maximum atomic E-state index is 13.5. The smallest absolute Gasteiger partial charge is 0.143 e. The molecule has 0 spiro atoms. The van der Waals surface area contributed by atoms with Crippen LogP contribution in [0.25, 0.3) is 10.9 Å². The number of nitrogens with zero attached hydrogens (tertiary/aromatic N) is 2. The predicted octanol–water partition coefficient (Wildman–Crippen LogP) is 4.69. The van der Waals surface area contributed by atoms with E-state index >= 15 is 0 Å². The molecule has 3 N–H and O–H groups in total. The summed E-state index contributed by atoms with van der Waals surface area (Å²) in [6, 6.07) is 14.6. The van der Waals surface area contributed by atoms with Gasteiger partial charge in [-0.05, 0) is 61.4 Å². The number of aliphatic hydroxyl groups excluding tert-OH is 1. The van der Waals surface area contributed by atoms with Crippen molar-refractivity contribution in [2.45, 2.75) is 36.4 Å². The third kappa shape index (κ3) is 7.61. The number of piperidine rings is 1. The first-order valence-corrected chi connectivity index (χ1v) is 14.6. The van der Waals surface area contributed by atoms with E-state index in [-0.39, 0.29) is 6.54 Å². The number of thioether (sulfide) groups is 1. The standard InChI is InChI=1S/C30H39FN4O3S/c1-37-21-24(36)20-34-15-11-22(12-16-34)33-27-7-4-8-29-26(27)18-23(35(29)17-13-31)6-5-14-32-28-10-9-25(39-3)19-30(28)38-2/h4,7-10,18-19,22,24,32-33,36H,11-17,20-21H2,1-3H3. The summed E-state index contributed by atoms with van der Waals surface area (Å²) in [5.41, 5.74) is 3.71. The zero-order chi connectivity index (χ0) is 27.6. The Morgan fingerprint density at radius 3 is 2.69 bits per heavy atom. The number of aryl methyl sites for hydroxylation is 1. The Morgan fingerprint density at radius 2 is 1.97 bits per heavy atom. The highest BCUT2D eigenvalue weighted by atomic mass is 32.2. The monoisotopic (exact) mass is 554 g/mol. The summed E-state index contributed by atoms with van der Waals surface area (Å²) < 4.78 is 26.0. The molecule has 9 heteroatoms. The van der Waals surface area contributed by atoms with E-state index in [0.29, 0.717) is 25.7 Å². The summed E-state index contributed by atoms with van der Waals surface area (Å²) in [6.07, 6.45) is 3.55. The molecule has 1 aromatic heterocycles. The van der Waals surface area contributed by atoms with Crippen molar-refractivity contribution in [2.24, 2.45) is 0 Å². The van der Waals surface area contributed by atoms with E-state index in [9.17, 15) is 9.50 Å². The van der Waals surface area contributed by atoms with Gasteiger partial charge in [0.15, 0.2) is 0 Å². The molecule has 1 aliphatic rings. The summed E-state index contributed by atoms with van der Waals surface area (Å²) in [5, 5.41) is 18.1. The Balaban J connectivity index is 1.45. The maximum Gasteiger partial charge on any atom is 0.143 e. The second kappa shape index (κ2) is 14.5. The summed E-state index contributed by atoms with van der Waals surface area (Å²) >= 11 is 1.67.